The van der Waals surface area contributed by atoms with Gasteiger partial charge in [0.15, 0.2) is 0 Å². The molecule has 0 fully saturated rings. The molecule has 5 nitrogen and oxygen atoms in total. The predicted molar refractivity (Wildman–Crippen MR) is 101 cm³/mol. The van der Waals surface area contributed by atoms with Gasteiger partial charge in [-0.25, -0.2) is 12.8 Å². The van der Waals surface area contributed by atoms with Crippen LogP contribution in [0.5, 0.6) is 0 Å². The van der Waals surface area contributed by atoms with Gasteiger partial charge in [-0.1, -0.05) is 26.0 Å². The molecule has 2 aromatic rings. The van der Waals surface area contributed by atoms with Crippen molar-refractivity contribution in [3.8, 4) is 0 Å². The highest BCUT2D eigenvalue weighted by Gasteiger charge is 2.21. The maximum absolute atomic E-state index is 12.8. The van der Waals surface area contributed by atoms with Crippen molar-refractivity contribution < 1.29 is 17.6 Å². The van der Waals surface area contributed by atoms with E-state index in [9.17, 15) is 17.6 Å². The van der Waals surface area contributed by atoms with Gasteiger partial charge in [0, 0.05) is 24.9 Å². The van der Waals surface area contributed by atoms with Crippen LogP contribution >= 0.6 is 0 Å². The van der Waals surface area contributed by atoms with Crippen LogP contribution in [0.2, 0.25) is 0 Å². The lowest BCUT2D eigenvalue weighted by molar-refractivity contribution is -0.111. The van der Waals surface area contributed by atoms with E-state index < -0.39 is 10.0 Å². The Morgan fingerprint density at radius 2 is 1.62 bits per heavy atom. The molecule has 0 saturated carbocycles. The molecule has 0 heterocycles. The number of nitrogens with one attached hydrogen (secondary N) is 1. The molecule has 0 atom stereocenters. The molecule has 7 heteroatoms. The number of benzene rings is 2. The van der Waals surface area contributed by atoms with Crippen LogP contribution in [0.1, 0.15) is 19.4 Å². The molecule has 138 valence electrons. The van der Waals surface area contributed by atoms with E-state index >= 15 is 0 Å². The molecule has 0 aliphatic heterocycles. The summed E-state index contributed by atoms with van der Waals surface area (Å²) in [6.45, 7) is 4.35. The van der Waals surface area contributed by atoms with E-state index in [0.717, 1.165) is 0 Å². The van der Waals surface area contributed by atoms with Crippen molar-refractivity contribution in [2.45, 2.75) is 18.7 Å². The van der Waals surface area contributed by atoms with Crippen molar-refractivity contribution in [1.82, 2.24) is 4.31 Å². The van der Waals surface area contributed by atoms with E-state index in [2.05, 4.69) is 5.32 Å². The fourth-order valence-corrected chi connectivity index (χ4v) is 3.81. The van der Waals surface area contributed by atoms with E-state index in [1.807, 2.05) is 0 Å². The van der Waals surface area contributed by atoms with E-state index in [1.54, 1.807) is 44.2 Å². The number of sulfonamides is 1. The number of hydrogen-bond donors (Lipinski definition) is 1. The molecule has 0 saturated heterocycles. The van der Waals surface area contributed by atoms with Gasteiger partial charge >= 0.3 is 0 Å². The zero-order chi connectivity index (χ0) is 19.2. The summed E-state index contributed by atoms with van der Waals surface area (Å²) < 4.78 is 39.0. The highest BCUT2D eigenvalue weighted by atomic mass is 32.2. The molecule has 1 amide bonds. The Hall–Kier alpha value is -2.51. The number of hydrogen-bond acceptors (Lipinski definition) is 3. The maximum atomic E-state index is 12.8. The first-order valence-corrected chi connectivity index (χ1v) is 9.65. The average molecular weight is 376 g/mol. The second kappa shape index (κ2) is 8.73. The third-order valence-corrected chi connectivity index (χ3v) is 5.83. The number of halogens is 1. The van der Waals surface area contributed by atoms with Crippen LogP contribution in [0.3, 0.4) is 0 Å². The van der Waals surface area contributed by atoms with Crippen LogP contribution in [0.15, 0.2) is 59.5 Å². The highest BCUT2D eigenvalue weighted by molar-refractivity contribution is 7.89. The first-order chi connectivity index (χ1) is 12.4. The topological polar surface area (TPSA) is 66.5 Å². The summed E-state index contributed by atoms with van der Waals surface area (Å²) in [6.07, 6.45) is 2.89. The van der Waals surface area contributed by atoms with Gasteiger partial charge in [0.25, 0.3) is 0 Å². The fourth-order valence-electron chi connectivity index (χ4n) is 2.35. The Balaban J connectivity index is 2.04. The van der Waals surface area contributed by atoms with Crippen LogP contribution in [0, 0.1) is 5.82 Å². The molecule has 0 radical (unpaired) electrons. The van der Waals surface area contributed by atoms with Crippen LogP contribution in [0.25, 0.3) is 6.08 Å². The van der Waals surface area contributed by atoms with Gasteiger partial charge in [0.2, 0.25) is 15.9 Å². The van der Waals surface area contributed by atoms with Gasteiger partial charge in [-0.3, -0.25) is 4.79 Å². The van der Waals surface area contributed by atoms with Crippen molar-refractivity contribution >= 4 is 27.7 Å². The number of anilines is 1. The summed E-state index contributed by atoms with van der Waals surface area (Å²) in [4.78, 5) is 12.1. The van der Waals surface area contributed by atoms with Gasteiger partial charge in [0.1, 0.15) is 5.82 Å². The zero-order valence-corrected chi connectivity index (χ0v) is 15.5. The number of amides is 1. The second-order valence-corrected chi connectivity index (χ2v) is 7.43. The van der Waals surface area contributed by atoms with Crippen LogP contribution in [-0.4, -0.2) is 31.7 Å². The summed E-state index contributed by atoms with van der Waals surface area (Å²) in [7, 11) is -3.52. The van der Waals surface area contributed by atoms with Crippen molar-refractivity contribution in [1.29, 1.82) is 0 Å². The summed E-state index contributed by atoms with van der Waals surface area (Å²) in [5.41, 5.74) is 1.18. The Labute approximate surface area is 153 Å². The van der Waals surface area contributed by atoms with Crippen LogP contribution < -0.4 is 5.32 Å². The summed E-state index contributed by atoms with van der Waals surface area (Å²) >= 11 is 0. The molecule has 0 aliphatic rings. The van der Waals surface area contributed by atoms with Gasteiger partial charge in [-0.05, 0) is 48.0 Å². The Bertz CT molecular complexity index is 872. The Morgan fingerprint density at radius 3 is 2.15 bits per heavy atom. The molecule has 2 rings (SSSR count). The minimum absolute atomic E-state index is 0.182. The second-order valence-electron chi connectivity index (χ2n) is 5.49. The smallest absolute Gasteiger partial charge is 0.248 e. The lowest BCUT2D eigenvalue weighted by Crippen LogP contribution is -2.30. The van der Waals surface area contributed by atoms with Crippen LogP contribution in [-0.2, 0) is 14.8 Å². The number of carbonyl (C=O) groups excluding carboxylic acids is 1. The lowest BCUT2D eigenvalue weighted by atomic mass is 10.2. The minimum atomic E-state index is -3.52. The number of carbonyl (C=O) groups is 1. The van der Waals surface area contributed by atoms with E-state index in [4.69, 9.17) is 0 Å². The molecule has 1 N–H and O–H groups in total. The Kier molecular flexibility index (Phi) is 6.65. The molecule has 0 aliphatic carbocycles. The van der Waals surface area contributed by atoms with Crippen molar-refractivity contribution in [2.24, 2.45) is 0 Å². The first-order valence-electron chi connectivity index (χ1n) is 8.21. The molecular formula is C19H21FN2O3S. The standard InChI is InChI=1S/C19H21FN2O3S/c1-3-22(4-2)26(24,25)18-12-10-17(11-13-18)21-19(23)14-7-15-5-8-16(20)9-6-15/h5-14H,3-4H2,1-2H3,(H,21,23)/b14-7-. The van der Waals surface area contributed by atoms with Crippen molar-refractivity contribution in [3.63, 3.8) is 0 Å². The molecule has 26 heavy (non-hydrogen) atoms. The molecule has 2 aromatic carbocycles. The molecule has 0 spiro atoms. The summed E-state index contributed by atoms with van der Waals surface area (Å²) in [5, 5.41) is 2.65. The van der Waals surface area contributed by atoms with E-state index in [-0.39, 0.29) is 16.6 Å². The van der Waals surface area contributed by atoms with E-state index in [0.29, 0.717) is 24.3 Å². The van der Waals surface area contributed by atoms with Crippen LogP contribution in [0.4, 0.5) is 10.1 Å². The predicted octanol–water partition coefficient (Wildman–Crippen LogP) is 3.51. The van der Waals surface area contributed by atoms with Gasteiger partial charge < -0.3 is 5.32 Å². The maximum Gasteiger partial charge on any atom is 0.248 e. The fraction of sp³-hybridized carbons (Fsp3) is 0.211. The first kappa shape index (κ1) is 19.8. The number of rotatable bonds is 7. The monoisotopic (exact) mass is 376 g/mol. The third kappa shape index (κ3) is 5.00. The highest BCUT2D eigenvalue weighted by Crippen LogP contribution is 2.18. The summed E-state index contributed by atoms with van der Waals surface area (Å²) in [5.74, 6) is -0.708. The number of nitrogens with zero attached hydrogens (tertiary/aromatic N) is 1. The summed E-state index contributed by atoms with van der Waals surface area (Å²) in [6, 6.07) is 11.8. The molecule has 0 bridgehead atoms. The SMILES string of the molecule is CCN(CC)S(=O)(=O)c1ccc(NC(=O)/C=C\c2ccc(F)cc2)cc1. The van der Waals surface area contributed by atoms with Crippen molar-refractivity contribution in [2.75, 3.05) is 18.4 Å². The molecule has 0 aromatic heterocycles. The third-order valence-electron chi connectivity index (χ3n) is 3.76. The molecular weight excluding hydrogens is 355 g/mol. The van der Waals surface area contributed by atoms with Gasteiger partial charge in [-0.2, -0.15) is 4.31 Å². The largest absolute Gasteiger partial charge is 0.323 e. The van der Waals surface area contributed by atoms with Crippen molar-refractivity contribution in [3.05, 3.63) is 66.0 Å². The van der Waals surface area contributed by atoms with E-state index in [1.165, 1.54) is 34.6 Å². The average Bonchev–Trinajstić information content (AvgIpc) is 2.62. The lowest BCUT2D eigenvalue weighted by Gasteiger charge is -2.18. The quantitative estimate of drug-likeness (QED) is 0.752. The minimum Gasteiger partial charge on any atom is -0.323 e. The Morgan fingerprint density at radius 1 is 1.04 bits per heavy atom. The van der Waals surface area contributed by atoms with Gasteiger partial charge in [0.05, 0.1) is 4.90 Å². The van der Waals surface area contributed by atoms with Gasteiger partial charge in [-0.15, -0.1) is 0 Å². The normalized spacial score (nSPS) is 11.8. The zero-order valence-electron chi connectivity index (χ0n) is 14.6. The molecule has 0 unspecified atom stereocenters.